The second-order valence-electron chi connectivity index (χ2n) is 10.3. The maximum absolute atomic E-state index is 13.5. The van der Waals surface area contributed by atoms with Gasteiger partial charge in [-0.2, -0.15) is 0 Å². The molecule has 7 nitrogen and oxygen atoms in total. The van der Waals surface area contributed by atoms with E-state index in [1.54, 1.807) is 17.9 Å². The Balaban J connectivity index is 1.71. The van der Waals surface area contributed by atoms with Crippen molar-refractivity contribution in [2.24, 2.45) is 0 Å². The fraction of sp³-hybridized carbons (Fsp3) is 0.517. The third kappa shape index (κ3) is 8.59. The van der Waals surface area contributed by atoms with Gasteiger partial charge in [0, 0.05) is 25.6 Å². The molecule has 1 atom stereocenters. The normalized spacial score (nSPS) is 15.1. The Hall–Kier alpha value is -2.87. The molecule has 0 radical (unpaired) electrons. The number of rotatable bonds is 11. The molecule has 1 aliphatic carbocycles. The molecule has 37 heavy (non-hydrogen) atoms. The molecule has 2 amide bonds. The highest BCUT2D eigenvalue weighted by atomic mass is 32.2. The largest absolute Gasteiger partial charge is 0.352 e. The first kappa shape index (κ1) is 28.7. The number of amides is 2. The minimum absolute atomic E-state index is 0.134. The summed E-state index contributed by atoms with van der Waals surface area (Å²) in [5, 5.41) is 3.15. The van der Waals surface area contributed by atoms with Gasteiger partial charge in [-0.05, 0) is 63.3 Å². The molecule has 1 aliphatic rings. The average molecular weight is 528 g/mol. The van der Waals surface area contributed by atoms with E-state index >= 15 is 0 Å². The highest BCUT2D eigenvalue weighted by Gasteiger charge is 2.28. The van der Waals surface area contributed by atoms with Crippen molar-refractivity contribution in [3.63, 3.8) is 0 Å². The predicted molar refractivity (Wildman–Crippen MR) is 149 cm³/mol. The van der Waals surface area contributed by atoms with Gasteiger partial charge in [0.05, 0.1) is 11.9 Å². The number of carbonyl (C=O) groups is 2. The summed E-state index contributed by atoms with van der Waals surface area (Å²) in [4.78, 5) is 28.3. The van der Waals surface area contributed by atoms with Crippen molar-refractivity contribution in [1.82, 2.24) is 10.2 Å². The summed E-state index contributed by atoms with van der Waals surface area (Å²) in [6.07, 6.45) is 7.05. The van der Waals surface area contributed by atoms with Crippen LogP contribution in [0.15, 0.2) is 48.5 Å². The Labute approximate surface area is 222 Å². The minimum atomic E-state index is -3.51. The van der Waals surface area contributed by atoms with E-state index in [0.29, 0.717) is 18.7 Å². The molecule has 2 aromatic carbocycles. The van der Waals surface area contributed by atoms with Crippen molar-refractivity contribution in [1.29, 1.82) is 0 Å². The molecular formula is C29H41N3O4S. The van der Waals surface area contributed by atoms with Crippen LogP contribution in [-0.4, -0.2) is 50.0 Å². The first-order chi connectivity index (χ1) is 17.5. The van der Waals surface area contributed by atoms with Gasteiger partial charge >= 0.3 is 0 Å². The fourth-order valence-electron chi connectivity index (χ4n) is 4.95. The Morgan fingerprint density at radius 2 is 1.65 bits per heavy atom. The summed E-state index contributed by atoms with van der Waals surface area (Å²) < 4.78 is 26.3. The molecule has 0 bridgehead atoms. The monoisotopic (exact) mass is 527 g/mol. The van der Waals surface area contributed by atoms with Gasteiger partial charge in [0.1, 0.15) is 6.04 Å². The zero-order valence-corrected chi connectivity index (χ0v) is 23.4. The topological polar surface area (TPSA) is 86.8 Å². The minimum Gasteiger partial charge on any atom is -0.352 e. The smallest absolute Gasteiger partial charge is 0.242 e. The van der Waals surface area contributed by atoms with E-state index in [-0.39, 0.29) is 30.8 Å². The lowest BCUT2D eigenvalue weighted by Crippen LogP contribution is -2.50. The van der Waals surface area contributed by atoms with E-state index < -0.39 is 16.1 Å². The van der Waals surface area contributed by atoms with Gasteiger partial charge in [-0.15, -0.1) is 0 Å². The zero-order valence-electron chi connectivity index (χ0n) is 22.6. The van der Waals surface area contributed by atoms with Crippen molar-refractivity contribution < 1.29 is 18.0 Å². The molecule has 0 aromatic heterocycles. The SMILES string of the molecule is Cc1cccc(CN(C(=O)CCCN(c2cccc(C)c2)S(C)(=O)=O)[C@H](C)C(=O)NC2CCCCC2)c1. The van der Waals surface area contributed by atoms with E-state index in [2.05, 4.69) is 5.32 Å². The molecule has 0 saturated heterocycles. The Morgan fingerprint density at radius 1 is 1.00 bits per heavy atom. The molecule has 0 unspecified atom stereocenters. The first-order valence-corrected chi connectivity index (χ1v) is 15.1. The van der Waals surface area contributed by atoms with Crippen molar-refractivity contribution in [3.05, 3.63) is 65.2 Å². The van der Waals surface area contributed by atoms with Crippen LogP contribution in [0.4, 0.5) is 5.69 Å². The number of carbonyl (C=O) groups excluding carboxylic acids is 2. The molecule has 2 aromatic rings. The summed E-state index contributed by atoms with van der Waals surface area (Å²) in [6, 6.07) is 14.8. The summed E-state index contributed by atoms with van der Waals surface area (Å²) in [5.41, 5.74) is 3.60. The number of hydrogen-bond acceptors (Lipinski definition) is 4. The van der Waals surface area contributed by atoms with E-state index in [1.165, 1.54) is 17.0 Å². The molecule has 1 N–H and O–H groups in total. The number of sulfonamides is 1. The third-order valence-electron chi connectivity index (χ3n) is 7.00. The summed E-state index contributed by atoms with van der Waals surface area (Å²) in [7, 11) is -3.51. The molecule has 0 spiro atoms. The molecule has 3 rings (SSSR count). The van der Waals surface area contributed by atoms with Crippen molar-refractivity contribution in [3.8, 4) is 0 Å². The zero-order chi connectivity index (χ0) is 27.0. The van der Waals surface area contributed by atoms with Crippen LogP contribution in [0, 0.1) is 13.8 Å². The molecule has 1 saturated carbocycles. The predicted octanol–water partition coefficient (Wildman–Crippen LogP) is 4.72. The second-order valence-corrected chi connectivity index (χ2v) is 12.2. The maximum Gasteiger partial charge on any atom is 0.242 e. The summed E-state index contributed by atoms with van der Waals surface area (Å²) in [5.74, 6) is -0.295. The molecule has 8 heteroatoms. The molecule has 0 heterocycles. The van der Waals surface area contributed by atoms with Crippen molar-refractivity contribution in [2.75, 3.05) is 17.1 Å². The third-order valence-corrected chi connectivity index (χ3v) is 8.19. The number of nitrogens with zero attached hydrogens (tertiary/aromatic N) is 2. The van der Waals surface area contributed by atoms with Gasteiger partial charge in [-0.1, -0.05) is 61.2 Å². The van der Waals surface area contributed by atoms with Crippen LogP contribution in [0.2, 0.25) is 0 Å². The van der Waals surface area contributed by atoms with Gasteiger partial charge in [0.2, 0.25) is 21.8 Å². The van der Waals surface area contributed by atoms with Crippen molar-refractivity contribution in [2.45, 2.75) is 84.3 Å². The van der Waals surface area contributed by atoms with Gasteiger partial charge in [-0.3, -0.25) is 13.9 Å². The highest BCUT2D eigenvalue weighted by Crippen LogP contribution is 2.21. The number of anilines is 1. The van der Waals surface area contributed by atoms with Crippen LogP contribution in [0.1, 0.15) is 68.6 Å². The standard InChI is InChI=1S/C29H41N3O4S/c1-22-11-8-13-25(19-22)21-31(24(3)29(34)30-26-14-6-5-7-15-26)28(33)17-10-18-32(37(4,35)36)27-16-9-12-23(2)20-27/h8-9,11-13,16,19-20,24,26H,5-7,10,14-15,17-18,21H2,1-4H3,(H,30,34)/t24-/m1/s1. The number of hydrogen-bond donors (Lipinski definition) is 1. The van der Waals surface area contributed by atoms with E-state index in [4.69, 9.17) is 0 Å². The molecule has 0 aliphatic heterocycles. The molecule has 1 fully saturated rings. The van der Waals surface area contributed by atoms with Crippen molar-refractivity contribution >= 4 is 27.5 Å². The van der Waals surface area contributed by atoms with Gasteiger partial charge < -0.3 is 10.2 Å². The van der Waals surface area contributed by atoms with Crippen LogP contribution in [-0.2, 0) is 26.2 Å². The number of benzene rings is 2. The lowest BCUT2D eigenvalue weighted by molar-refractivity contribution is -0.141. The second kappa shape index (κ2) is 13.1. The summed E-state index contributed by atoms with van der Waals surface area (Å²) in [6.45, 7) is 6.21. The van der Waals surface area contributed by atoms with Crippen LogP contribution >= 0.6 is 0 Å². The lowest BCUT2D eigenvalue weighted by Gasteiger charge is -2.31. The van der Waals surface area contributed by atoms with Crippen LogP contribution in [0.3, 0.4) is 0 Å². The lowest BCUT2D eigenvalue weighted by atomic mass is 9.95. The first-order valence-electron chi connectivity index (χ1n) is 13.2. The summed E-state index contributed by atoms with van der Waals surface area (Å²) >= 11 is 0. The molecule has 202 valence electrons. The fourth-order valence-corrected chi connectivity index (χ4v) is 5.90. The van der Waals surface area contributed by atoms with Gasteiger partial charge in [-0.25, -0.2) is 8.42 Å². The van der Waals surface area contributed by atoms with Crippen LogP contribution < -0.4 is 9.62 Å². The number of aryl methyl sites for hydroxylation is 2. The van der Waals surface area contributed by atoms with E-state index in [9.17, 15) is 18.0 Å². The Morgan fingerprint density at radius 3 is 2.27 bits per heavy atom. The van der Waals surface area contributed by atoms with Gasteiger partial charge in [0.25, 0.3) is 0 Å². The molecular weight excluding hydrogens is 486 g/mol. The van der Waals surface area contributed by atoms with E-state index in [0.717, 1.165) is 42.4 Å². The highest BCUT2D eigenvalue weighted by molar-refractivity contribution is 7.92. The van der Waals surface area contributed by atoms with Crippen LogP contribution in [0.5, 0.6) is 0 Å². The quantitative estimate of drug-likeness (QED) is 0.458. The maximum atomic E-state index is 13.5. The van der Waals surface area contributed by atoms with E-state index in [1.807, 2.05) is 56.3 Å². The van der Waals surface area contributed by atoms with Crippen LogP contribution in [0.25, 0.3) is 0 Å². The number of nitrogens with one attached hydrogen (secondary N) is 1. The Kier molecular flexibility index (Phi) is 10.1. The Bertz CT molecular complexity index is 1180. The van der Waals surface area contributed by atoms with Gasteiger partial charge in [0.15, 0.2) is 0 Å². The average Bonchev–Trinajstić information content (AvgIpc) is 2.84.